The number of aliphatic hydroxyl groups excluding tert-OH is 1. The maximum atomic E-state index is 17.1. The van der Waals surface area contributed by atoms with E-state index >= 15 is 4.39 Å². The third-order valence-corrected chi connectivity index (χ3v) is 15.9. The number of amides is 4. The van der Waals surface area contributed by atoms with Gasteiger partial charge in [-0.3, -0.25) is 19.2 Å². The first-order valence-electron chi connectivity index (χ1n) is 26.8. The van der Waals surface area contributed by atoms with E-state index < -0.39 is 29.8 Å². The Morgan fingerprint density at radius 1 is 0.988 bits per heavy atom. The number of fused-ring (bicyclic) bond motifs is 2. The lowest BCUT2D eigenvalue weighted by Crippen LogP contribution is -2.49. The largest absolute Gasteiger partial charge is 0.508 e. The summed E-state index contributed by atoms with van der Waals surface area (Å²) in [5.41, 5.74) is 5.34. The molecule has 0 spiro atoms. The summed E-state index contributed by atoms with van der Waals surface area (Å²) in [5.74, 6) is -0.962. The molecule has 2 saturated heterocycles. The van der Waals surface area contributed by atoms with E-state index in [2.05, 4.69) is 25.8 Å². The molecule has 4 N–H and O–H groups in total. The minimum Gasteiger partial charge on any atom is -0.508 e. The molecule has 5 heterocycles. The molecule has 0 aliphatic carbocycles. The number of aryl methyl sites for hydroxylation is 2. The first-order valence-corrected chi connectivity index (χ1v) is 28.1. The van der Waals surface area contributed by atoms with Crippen molar-refractivity contribution in [3.63, 3.8) is 0 Å². The van der Waals surface area contributed by atoms with Crippen molar-refractivity contribution >= 4 is 80.0 Å². The summed E-state index contributed by atoms with van der Waals surface area (Å²) in [6.45, 7) is 12.2. The maximum Gasteiger partial charge on any atom is 0.243 e. The van der Waals surface area contributed by atoms with Gasteiger partial charge in [-0.05, 0) is 65.9 Å². The number of carbonyl (C=O) groups excluding carboxylic acids is 4. The molecule has 3 atom stereocenters. The van der Waals surface area contributed by atoms with E-state index in [-0.39, 0.29) is 110 Å². The SMILES string of the molecule is CCC(=O)N1CCN(c2nc(NCCC(=O)N(C)CCOCCOc3cc(-c4scnc4C)ccc3CNC(=O)[C@@H]3C[C@@H](O)CN3C(=O)[C@@H](c3cc(C)no3)C(C)C)nc3c(F)c(-c4cc(O)cc5ccccc45)c(Cl)cc23)CC1. The summed E-state index contributed by atoms with van der Waals surface area (Å²) in [6, 6.07) is 18.6. The van der Waals surface area contributed by atoms with Crippen LogP contribution in [0.2, 0.25) is 5.02 Å². The lowest BCUT2D eigenvalue weighted by molar-refractivity contribution is -0.141. The van der Waals surface area contributed by atoms with Crippen molar-refractivity contribution in [2.24, 2.45) is 5.92 Å². The molecule has 4 aromatic carbocycles. The van der Waals surface area contributed by atoms with Crippen molar-refractivity contribution < 1.29 is 47.8 Å². The highest BCUT2D eigenvalue weighted by atomic mass is 35.5. The monoisotopic (exact) mass is 1130 g/mol. The summed E-state index contributed by atoms with van der Waals surface area (Å²) in [5, 5.41) is 33.3. The Labute approximate surface area is 472 Å². The Bertz CT molecular complexity index is 3400. The topological polar surface area (TPSA) is 229 Å². The molecule has 4 amide bonds. The average molecular weight is 1130 g/mol. The molecule has 0 radical (unpaired) electrons. The van der Waals surface area contributed by atoms with Gasteiger partial charge in [0.2, 0.25) is 29.6 Å². The molecule has 9 rings (SSSR count). The van der Waals surface area contributed by atoms with Gasteiger partial charge in [0.1, 0.15) is 47.2 Å². The van der Waals surface area contributed by atoms with Crippen LogP contribution in [0, 0.1) is 25.6 Å². The smallest absolute Gasteiger partial charge is 0.243 e. The third-order valence-electron chi connectivity index (χ3n) is 14.6. The fraction of sp³-hybridized carbons (Fsp3) is 0.414. The number of aliphatic hydroxyl groups is 1. The Balaban J connectivity index is 0.811. The summed E-state index contributed by atoms with van der Waals surface area (Å²) < 4.78 is 34.8. The standard InChI is InChI=1S/C58H66ClFN10O9S/c1-7-48(73)68-16-18-69(19-17-68)55-43-29-44(59)51(42-27-39(71)25-36-10-8-9-11-41(36)42)52(60)53(43)64-58(65-55)61-15-14-49(74)67(6)20-21-77-22-23-78-46-26-37(54-35(5)63-32-80-54)12-13-38(46)30-62-56(75)45-28-40(72)31-70(45)57(76)50(33(2)3)47-24-34(4)66-79-47/h8-13,24-27,29,32-33,40,45,50,71-72H,7,14-23,28,30-31H2,1-6H3,(H,62,75)(H,61,64,65)/t40-,45+,50-/m1/s1. The fourth-order valence-electron chi connectivity index (χ4n) is 10.4. The molecule has 2 aliphatic heterocycles. The third kappa shape index (κ3) is 12.8. The van der Waals surface area contributed by atoms with Crippen LogP contribution in [0.1, 0.15) is 68.7 Å². The van der Waals surface area contributed by atoms with E-state index in [0.29, 0.717) is 82.9 Å². The quantitative estimate of drug-likeness (QED) is 0.0498. The fourth-order valence-corrected chi connectivity index (χ4v) is 11.5. The van der Waals surface area contributed by atoms with E-state index in [0.717, 1.165) is 16.1 Å². The molecule has 2 fully saturated rings. The number of piperazine rings is 1. The number of halogens is 2. The van der Waals surface area contributed by atoms with E-state index in [4.69, 9.17) is 30.6 Å². The number of nitrogens with one attached hydrogen (secondary N) is 2. The minimum atomic E-state index is -0.897. The van der Waals surface area contributed by atoms with Gasteiger partial charge in [-0.1, -0.05) is 73.9 Å². The van der Waals surface area contributed by atoms with Crippen LogP contribution in [0.5, 0.6) is 11.5 Å². The van der Waals surface area contributed by atoms with Crippen LogP contribution in [-0.2, 0) is 30.5 Å². The number of aromatic nitrogens is 4. The van der Waals surface area contributed by atoms with Crippen molar-refractivity contribution in [3.8, 4) is 33.1 Å². The van der Waals surface area contributed by atoms with E-state index in [1.54, 1.807) is 47.5 Å². The molecule has 19 nitrogen and oxygen atoms in total. The van der Waals surface area contributed by atoms with Crippen molar-refractivity contribution in [1.82, 2.24) is 40.1 Å². The highest BCUT2D eigenvalue weighted by molar-refractivity contribution is 7.13. The molecule has 422 valence electrons. The van der Waals surface area contributed by atoms with Crippen molar-refractivity contribution in [1.29, 1.82) is 0 Å². The van der Waals surface area contributed by atoms with Crippen LogP contribution >= 0.6 is 22.9 Å². The molecule has 2 aliphatic rings. The number of rotatable bonds is 21. The van der Waals surface area contributed by atoms with Crippen LogP contribution in [0.15, 0.2) is 76.8 Å². The first kappa shape index (κ1) is 57.2. The highest BCUT2D eigenvalue weighted by Gasteiger charge is 2.43. The number of phenolic OH excluding ortho intramolecular Hbond substituents is 1. The number of aromatic hydroxyl groups is 1. The molecule has 22 heteroatoms. The van der Waals surface area contributed by atoms with Crippen molar-refractivity contribution in [2.75, 3.05) is 82.9 Å². The second kappa shape index (κ2) is 25.3. The van der Waals surface area contributed by atoms with Crippen LogP contribution in [-0.4, -0.2) is 153 Å². The number of likely N-dealkylation sites (tertiary alicyclic amines) is 1. The minimum absolute atomic E-state index is 0.00378. The number of phenols is 1. The first-order chi connectivity index (χ1) is 38.5. The van der Waals surface area contributed by atoms with Gasteiger partial charge in [0.05, 0.1) is 46.1 Å². The van der Waals surface area contributed by atoms with E-state index in [9.17, 15) is 29.4 Å². The maximum absolute atomic E-state index is 17.1. The molecule has 0 unspecified atom stereocenters. The second-order valence-electron chi connectivity index (χ2n) is 20.5. The second-order valence-corrected chi connectivity index (χ2v) is 21.8. The van der Waals surface area contributed by atoms with Gasteiger partial charge in [0.25, 0.3) is 0 Å². The number of carbonyl (C=O) groups is 4. The summed E-state index contributed by atoms with van der Waals surface area (Å²) in [7, 11) is 1.68. The summed E-state index contributed by atoms with van der Waals surface area (Å²) in [6.07, 6.45) is -0.335. The Hall–Kier alpha value is -7.46. The lowest BCUT2D eigenvalue weighted by Gasteiger charge is -2.36. The molecule has 0 saturated carbocycles. The average Bonchev–Trinajstić information content (AvgIpc) is 4.32. The van der Waals surface area contributed by atoms with Crippen LogP contribution in [0.3, 0.4) is 0 Å². The van der Waals surface area contributed by atoms with Crippen LogP contribution in [0.25, 0.3) is 43.2 Å². The van der Waals surface area contributed by atoms with Gasteiger partial charge in [-0.2, -0.15) is 4.98 Å². The molecular formula is C58H66ClFN10O9S. The van der Waals surface area contributed by atoms with Crippen molar-refractivity contribution in [3.05, 3.63) is 106 Å². The van der Waals surface area contributed by atoms with Crippen LogP contribution < -0.4 is 20.3 Å². The number of thiazole rings is 1. The molecule has 7 aromatic rings. The number of hydrogen-bond acceptors (Lipinski definition) is 16. The lowest BCUT2D eigenvalue weighted by atomic mass is 9.91. The van der Waals surface area contributed by atoms with Gasteiger partial charge in [0.15, 0.2) is 5.82 Å². The Kier molecular flexibility index (Phi) is 18.1. The van der Waals surface area contributed by atoms with Gasteiger partial charge >= 0.3 is 0 Å². The number of ether oxygens (including phenoxy) is 2. The van der Waals surface area contributed by atoms with E-state index in [1.807, 2.05) is 75.1 Å². The number of anilines is 2. The van der Waals surface area contributed by atoms with E-state index in [1.165, 1.54) is 22.3 Å². The van der Waals surface area contributed by atoms with Gasteiger partial charge in [-0.15, -0.1) is 11.3 Å². The summed E-state index contributed by atoms with van der Waals surface area (Å²) >= 11 is 8.42. The number of β-amino-alcohol motifs (C(OH)–C–C–N with tert-alkyl or cyclic N) is 1. The van der Waals surface area contributed by atoms with Gasteiger partial charge in [0, 0.05) is 101 Å². The van der Waals surface area contributed by atoms with Crippen LogP contribution in [0.4, 0.5) is 16.2 Å². The highest BCUT2D eigenvalue weighted by Crippen LogP contribution is 2.43. The van der Waals surface area contributed by atoms with Crippen molar-refractivity contribution in [2.45, 2.75) is 78.5 Å². The Morgan fingerprint density at radius 2 is 1.77 bits per heavy atom. The predicted octanol–water partition coefficient (Wildman–Crippen LogP) is 8.11. The molecular weight excluding hydrogens is 1070 g/mol. The number of likely N-dealkylation sites (N-methyl/N-ethyl adjacent to an activating group) is 1. The number of nitrogens with zero attached hydrogens (tertiary/aromatic N) is 8. The summed E-state index contributed by atoms with van der Waals surface area (Å²) in [4.78, 5) is 75.4. The van der Waals surface area contributed by atoms with Gasteiger partial charge < -0.3 is 54.4 Å². The normalized spacial score (nSPS) is 15.9. The Morgan fingerprint density at radius 3 is 2.50 bits per heavy atom. The zero-order valence-corrected chi connectivity index (χ0v) is 47.2. The predicted molar refractivity (Wildman–Crippen MR) is 304 cm³/mol. The molecule has 0 bridgehead atoms. The number of benzene rings is 4. The zero-order valence-electron chi connectivity index (χ0n) is 45.6. The van der Waals surface area contributed by atoms with Gasteiger partial charge in [-0.25, -0.2) is 14.4 Å². The molecule has 3 aromatic heterocycles. The number of hydrogen-bond donors (Lipinski definition) is 4. The molecule has 80 heavy (non-hydrogen) atoms. The zero-order chi connectivity index (χ0) is 56.8.